The molecule has 0 saturated heterocycles. The number of hydrogen-bond acceptors (Lipinski definition) is 2. The number of nitrogens with one attached hydrogen (secondary N) is 1. The maximum absolute atomic E-state index is 13.6. The molecule has 26 heavy (non-hydrogen) atoms. The van der Waals surface area contributed by atoms with Crippen LogP contribution in [0.1, 0.15) is 22.6 Å². The molecule has 2 aromatic carbocycles. The Morgan fingerprint density at radius 3 is 2.58 bits per heavy atom. The minimum absolute atomic E-state index is 0.189. The zero-order chi connectivity index (χ0) is 18.3. The number of rotatable bonds is 3. The molecule has 0 spiro atoms. The highest BCUT2D eigenvalue weighted by Crippen LogP contribution is 2.21. The fraction of sp³-hybridized carbons (Fsp3) is 0.143. The number of aromatic nitrogens is 3. The van der Waals surface area contributed by atoms with Crippen LogP contribution >= 0.6 is 0 Å². The lowest BCUT2D eigenvalue weighted by Gasteiger charge is -2.09. The maximum Gasteiger partial charge on any atom is 0.267 e. The van der Waals surface area contributed by atoms with Crippen LogP contribution in [0.4, 0.5) is 4.39 Å². The normalized spacial score (nSPS) is 11.2. The van der Waals surface area contributed by atoms with E-state index in [4.69, 9.17) is 0 Å². The number of benzene rings is 2. The molecule has 1 N–H and O–H groups in total. The Morgan fingerprint density at radius 2 is 1.85 bits per heavy atom. The van der Waals surface area contributed by atoms with E-state index in [2.05, 4.69) is 22.1 Å². The number of H-pyrrole nitrogens is 1. The van der Waals surface area contributed by atoms with Crippen molar-refractivity contribution in [1.82, 2.24) is 14.5 Å². The second-order valence-electron chi connectivity index (χ2n) is 6.39. The molecule has 0 unspecified atom stereocenters. The standard InChI is InChI=1S/C21H18FN3O/c1-13-18(11-15-7-4-3-5-8-15)24-20-19(13)21(26)25(14(2)23-20)17-10-6-9-16(22)12-17/h3-10,12,24H,11H2,1-2H3. The second-order valence-corrected chi connectivity index (χ2v) is 6.39. The average Bonchev–Trinajstić information content (AvgIpc) is 2.91. The van der Waals surface area contributed by atoms with Gasteiger partial charge in [0.05, 0.1) is 11.1 Å². The molecular weight excluding hydrogens is 329 g/mol. The molecule has 0 aliphatic carbocycles. The van der Waals surface area contributed by atoms with E-state index >= 15 is 0 Å². The third-order valence-corrected chi connectivity index (χ3v) is 4.64. The Hall–Kier alpha value is -3.21. The summed E-state index contributed by atoms with van der Waals surface area (Å²) in [5, 5.41) is 0.547. The molecule has 0 aliphatic heterocycles. The highest BCUT2D eigenvalue weighted by Gasteiger charge is 2.17. The Labute approximate surface area is 150 Å². The van der Waals surface area contributed by atoms with Gasteiger partial charge in [0.1, 0.15) is 17.3 Å². The number of hydrogen-bond donors (Lipinski definition) is 1. The van der Waals surface area contributed by atoms with E-state index < -0.39 is 0 Å². The van der Waals surface area contributed by atoms with Gasteiger partial charge in [0.15, 0.2) is 0 Å². The van der Waals surface area contributed by atoms with Crippen molar-refractivity contribution in [2.75, 3.05) is 0 Å². The summed E-state index contributed by atoms with van der Waals surface area (Å²) >= 11 is 0. The van der Waals surface area contributed by atoms with Gasteiger partial charge in [-0.25, -0.2) is 9.37 Å². The summed E-state index contributed by atoms with van der Waals surface area (Å²) < 4.78 is 15.1. The summed E-state index contributed by atoms with van der Waals surface area (Å²) in [5.41, 5.74) is 3.87. The van der Waals surface area contributed by atoms with E-state index in [1.807, 2.05) is 25.1 Å². The van der Waals surface area contributed by atoms with Crippen molar-refractivity contribution >= 4 is 11.0 Å². The van der Waals surface area contributed by atoms with Crippen molar-refractivity contribution in [3.63, 3.8) is 0 Å². The van der Waals surface area contributed by atoms with Crippen molar-refractivity contribution in [3.05, 3.63) is 93.4 Å². The van der Waals surface area contributed by atoms with Gasteiger partial charge in [-0.2, -0.15) is 0 Å². The maximum atomic E-state index is 13.6. The zero-order valence-corrected chi connectivity index (χ0v) is 14.6. The first-order chi connectivity index (χ1) is 12.5. The summed E-state index contributed by atoms with van der Waals surface area (Å²) in [6.07, 6.45) is 0.696. The highest BCUT2D eigenvalue weighted by atomic mass is 19.1. The smallest absolute Gasteiger partial charge is 0.267 e. The Morgan fingerprint density at radius 1 is 1.08 bits per heavy atom. The van der Waals surface area contributed by atoms with E-state index in [1.54, 1.807) is 19.1 Å². The summed E-state index contributed by atoms with van der Waals surface area (Å²) in [5.74, 6) is 0.130. The molecule has 130 valence electrons. The van der Waals surface area contributed by atoms with E-state index in [0.29, 0.717) is 29.0 Å². The van der Waals surface area contributed by atoms with Gasteiger partial charge in [-0.05, 0) is 43.2 Å². The lowest BCUT2D eigenvalue weighted by molar-refractivity contribution is 0.626. The largest absolute Gasteiger partial charge is 0.342 e. The molecule has 0 saturated carbocycles. The molecular formula is C21H18FN3O. The van der Waals surface area contributed by atoms with E-state index in [1.165, 1.54) is 16.7 Å². The van der Waals surface area contributed by atoms with Gasteiger partial charge in [0.25, 0.3) is 5.56 Å². The van der Waals surface area contributed by atoms with E-state index in [9.17, 15) is 9.18 Å². The molecule has 4 aromatic rings. The Kier molecular flexibility index (Phi) is 3.92. The van der Waals surface area contributed by atoms with Gasteiger partial charge < -0.3 is 4.98 Å². The lowest BCUT2D eigenvalue weighted by atomic mass is 10.1. The predicted molar refractivity (Wildman–Crippen MR) is 100 cm³/mol. The fourth-order valence-corrected chi connectivity index (χ4v) is 3.34. The molecule has 5 heteroatoms. The molecule has 0 radical (unpaired) electrons. The highest BCUT2D eigenvalue weighted by molar-refractivity contribution is 5.80. The van der Waals surface area contributed by atoms with Crippen LogP contribution in [0.3, 0.4) is 0 Å². The molecule has 0 fully saturated rings. The first kappa shape index (κ1) is 16.3. The quantitative estimate of drug-likeness (QED) is 0.608. The van der Waals surface area contributed by atoms with Crippen LogP contribution in [-0.2, 0) is 6.42 Å². The minimum atomic E-state index is -0.385. The zero-order valence-electron chi connectivity index (χ0n) is 14.6. The number of aryl methyl sites for hydroxylation is 2. The molecule has 0 amide bonds. The molecule has 2 heterocycles. The van der Waals surface area contributed by atoms with Crippen LogP contribution in [0.25, 0.3) is 16.7 Å². The van der Waals surface area contributed by atoms with Crippen molar-refractivity contribution in [3.8, 4) is 5.69 Å². The summed E-state index contributed by atoms with van der Waals surface area (Å²) in [6, 6.07) is 16.1. The average molecular weight is 347 g/mol. The van der Waals surface area contributed by atoms with Gasteiger partial charge in [-0.1, -0.05) is 36.4 Å². The summed E-state index contributed by atoms with van der Waals surface area (Å²) in [4.78, 5) is 21.0. The molecule has 0 atom stereocenters. The summed E-state index contributed by atoms with van der Waals surface area (Å²) in [7, 11) is 0. The van der Waals surface area contributed by atoms with Gasteiger partial charge in [0, 0.05) is 12.1 Å². The Balaban J connectivity index is 1.90. The second kappa shape index (κ2) is 6.26. The van der Waals surface area contributed by atoms with Gasteiger partial charge in [0.2, 0.25) is 0 Å². The first-order valence-electron chi connectivity index (χ1n) is 8.45. The first-order valence-corrected chi connectivity index (χ1v) is 8.45. The Bertz CT molecular complexity index is 1160. The molecule has 0 bridgehead atoms. The lowest BCUT2D eigenvalue weighted by Crippen LogP contribution is -2.22. The number of halogens is 1. The molecule has 0 aliphatic rings. The van der Waals surface area contributed by atoms with E-state index in [0.717, 1.165) is 16.8 Å². The van der Waals surface area contributed by atoms with Crippen LogP contribution in [-0.4, -0.2) is 14.5 Å². The number of nitrogens with zero attached hydrogens (tertiary/aromatic N) is 2. The number of fused-ring (bicyclic) bond motifs is 1. The van der Waals surface area contributed by atoms with Crippen LogP contribution < -0.4 is 5.56 Å². The third-order valence-electron chi connectivity index (χ3n) is 4.64. The van der Waals surface area contributed by atoms with Crippen LogP contribution in [0.2, 0.25) is 0 Å². The van der Waals surface area contributed by atoms with Crippen LogP contribution in [0, 0.1) is 19.7 Å². The van der Waals surface area contributed by atoms with Crippen molar-refractivity contribution in [1.29, 1.82) is 0 Å². The minimum Gasteiger partial charge on any atom is -0.342 e. The van der Waals surface area contributed by atoms with Gasteiger partial charge in [-0.15, -0.1) is 0 Å². The van der Waals surface area contributed by atoms with Crippen molar-refractivity contribution < 1.29 is 4.39 Å². The fourth-order valence-electron chi connectivity index (χ4n) is 3.34. The van der Waals surface area contributed by atoms with Gasteiger partial charge >= 0.3 is 0 Å². The van der Waals surface area contributed by atoms with Crippen LogP contribution in [0.5, 0.6) is 0 Å². The van der Waals surface area contributed by atoms with Crippen molar-refractivity contribution in [2.45, 2.75) is 20.3 Å². The summed E-state index contributed by atoms with van der Waals surface area (Å²) in [6.45, 7) is 3.67. The monoisotopic (exact) mass is 347 g/mol. The molecule has 4 rings (SSSR count). The van der Waals surface area contributed by atoms with Crippen molar-refractivity contribution in [2.24, 2.45) is 0 Å². The van der Waals surface area contributed by atoms with Crippen LogP contribution in [0.15, 0.2) is 59.4 Å². The van der Waals surface area contributed by atoms with Gasteiger partial charge in [-0.3, -0.25) is 9.36 Å². The topological polar surface area (TPSA) is 50.7 Å². The number of aromatic amines is 1. The van der Waals surface area contributed by atoms with E-state index in [-0.39, 0.29) is 11.4 Å². The molecule has 4 nitrogen and oxygen atoms in total. The molecule has 2 aromatic heterocycles. The predicted octanol–water partition coefficient (Wildman–Crippen LogP) is 4.06. The third kappa shape index (κ3) is 2.71. The SMILES string of the molecule is Cc1c(Cc2ccccc2)[nH]c2nc(C)n(-c3cccc(F)c3)c(=O)c12.